The normalized spacial score (nSPS) is 18.1. The van der Waals surface area contributed by atoms with E-state index in [1.165, 1.54) is 4.90 Å². The van der Waals surface area contributed by atoms with E-state index in [4.69, 9.17) is 17.3 Å². The van der Waals surface area contributed by atoms with Crippen molar-refractivity contribution in [1.82, 2.24) is 4.90 Å². The number of likely N-dealkylation sites (tertiary alicyclic amines) is 1. The number of halogens is 6. The molecule has 1 unspecified atom stereocenters. The first kappa shape index (κ1) is 18.3. The fourth-order valence-electron chi connectivity index (χ4n) is 2.15. The third kappa shape index (κ3) is 3.89. The number of hydrogen-bond acceptors (Lipinski definition) is 3. The van der Waals surface area contributed by atoms with Crippen LogP contribution in [0.4, 0.5) is 26.3 Å². The molecular formula is C13H9F6NO3S. The van der Waals surface area contributed by atoms with Gasteiger partial charge in [0.25, 0.3) is 0 Å². The number of rotatable bonds is 3. The van der Waals surface area contributed by atoms with Crippen molar-refractivity contribution < 1.29 is 41.0 Å². The summed E-state index contributed by atoms with van der Waals surface area (Å²) in [5, 5.41) is 8.93. The number of nitrogens with zero attached hydrogens (tertiary/aromatic N) is 1. The molecule has 0 saturated carbocycles. The van der Waals surface area contributed by atoms with Gasteiger partial charge in [0.2, 0.25) is 0 Å². The van der Waals surface area contributed by atoms with Gasteiger partial charge in [-0.05, 0) is 18.6 Å². The Morgan fingerprint density at radius 1 is 1.25 bits per heavy atom. The van der Waals surface area contributed by atoms with Crippen LogP contribution in [0.15, 0.2) is 18.2 Å². The molecule has 1 aromatic carbocycles. The maximum absolute atomic E-state index is 12.8. The summed E-state index contributed by atoms with van der Waals surface area (Å²) in [5.74, 6) is -2.62. The molecular weight excluding hydrogens is 364 g/mol. The third-order valence-corrected chi connectivity index (χ3v) is 3.80. The molecule has 0 radical (unpaired) electrons. The van der Waals surface area contributed by atoms with Crippen LogP contribution in [0.1, 0.15) is 17.5 Å². The van der Waals surface area contributed by atoms with Crippen LogP contribution < -0.4 is 4.74 Å². The Morgan fingerprint density at radius 2 is 1.88 bits per heavy atom. The third-order valence-electron chi connectivity index (χ3n) is 3.33. The highest BCUT2D eigenvalue weighted by atomic mass is 32.1. The topological polar surface area (TPSA) is 49.8 Å². The molecule has 0 amide bonds. The van der Waals surface area contributed by atoms with Crippen molar-refractivity contribution >= 4 is 23.2 Å². The van der Waals surface area contributed by atoms with Crippen LogP contribution in [-0.4, -0.2) is 39.9 Å². The maximum atomic E-state index is 12.8. The Kier molecular flexibility index (Phi) is 4.66. The predicted octanol–water partition coefficient (Wildman–Crippen LogP) is 3.44. The van der Waals surface area contributed by atoms with E-state index < -0.39 is 35.9 Å². The van der Waals surface area contributed by atoms with E-state index in [9.17, 15) is 31.1 Å². The van der Waals surface area contributed by atoms with Gasteiger partial charge in [0.1, 0.15) is 16.8 Å². The first-order valence-electron chi connectivity index (χ1n) is 6.41. The molecule has 1 aliphatic rings. The van der Waals surface area contributed by atoms with E-state index in [-0.39, 0.29) is 23.5 Å². The number of aliphatic carboxylic acids is 1. The largest absolute Gasteiger partial charge is 0.573 e. The molecule has 1 saturated heterocycles. The number of alkyl halides is 6. The van der Waals surface area contributed by atoms with Crippen LogP contribution in [0.3, 0.4) is 0 Å². The molecule has 2 rings (SSSR count). The minimum Gasteiger partial charge on any atom is -0.480 e. The molecule has 0 bridgehead atoms. The van der Waals surface area contributed by atoms with Gasteiger partial charge in [0, 0.05) is 12.1 Å². The number of carboxylic acid groups (broad SMARTS) is 1. The highest BCUT2D eigenvalue weighted by molar-refractivity contribution is 7.80. The molecule has 1 heterocycles. The summed E-state index contributed by atoms with van der Waals surface area (Å²) in [6, 6.07) is 0.853. The van der Waals surface area contributed by atoms with Gasteiger partial charge in [-0.3, -0.25) is 0 Å². The summed E-state index contributed by atoms with van der Waals surface area (Å²) in [6.07, 6.45) is -10.1. The molecule has 0 spiro atoms. The molecule has 1 atom stereocenters. The average molecular weight is 373 g/mol. The molecule has 11 heteroatoms. The van der Waals surface area contributed by atoms with Crippen LogP contribution >= 0.6 is 12.2 Å². The van der Waals surface area contributed by atoms with Crippen LogP contribution in [0.5, 0.6) is 5.75 Å². The lowest BCUT2D eigenvalue weighted by molar-refractivity contribution is -0.276. The van der Waals surface area contributed by atoms with Crippen molar-refractivity contribution in [2.45, 2.75) is 25.0 Å². The number of thiocarbonyl (C=S) groups is 1. The Bertz CT molecular complexity index is 673. The van der Waals surface area contributed by atoms with Crippen molar-refractivity contribution in [1.29, 1.82) is 0 Å². The second-order valence-electron chi connectivity index (χ2n) is 4.90. The van der Waals surface area contributed by atoms with Crippen molar-refractivity contribution in [2.24, 2.45) is 0 Å². The minimum absolute atomic E-state index is 0.158. The Balaban J connectivity index is 2.37. The summed E-state index contributed by atoms with van der Waals surface area (Å²) < 4.78 is 78.8. The lowest BCUT2D eigenvalue weighted by Gasteiger charge is -2.40. The first-order chi connectivity index (χ1) is 10.9. The summed E-state index contributed by atoms with van der Waals surface area (Å²) >= 11 is 4.97. The van der Waals surface area contributed by atoms with Crippen LogP contribution in [0.2, 0.25) is 0 Å². The van der Waals surface area contributed by atoms with Crippen LogP contribution in [-0.2, 0) is 11.0 Å². The smallest absolute Gasteiger partial charge is 0.480 e. The minimum atomic E-state index is -5.32. The quantitative estimate of drug-likeness (QED) is 0.650. The summed E-state index contributed by atoms with van der Waals surface area (Å²) in [6.45, 7) is 0.242. The van der Waals surface area contributed by atoms with E-state index in [1.54, 1.807) is 0 Å². The zero-order valence-corrected chi connectivity index (χ0v) is 12.4. The van der Waals surface area contributed by atoms with Crippen molar-refractivity contribution in [3.63, 3.8) is 0 Å². The van der Waals surface area contributed by atoms with E-state index in [0.717, 1.165) is 6.07 Å². The first-order valence-corrected chi connectivity index (χ1v) is 6.82. The van der Waals surface area contributed by atoms with Crippen molar-refractivity contribution in [2.75, 3.05) is 6.54 Å². The molecule has 1 fully saturated rings. The molecule has 4 nitrogen and oxygen atoms in total. The number of benzene rings is 1. The predicted molar refractivity (Wildman–Crippen MR) is 72.6 cm³/mol. The Labute approximate surface area is 136 Å². The SMILES string of the molecule is O=C(O)C1CCN1C(=S)c1ccc(C(F)(F)F)c(OC(F)(F)F)c1. The summed E-state index contributed by atoms with van der Waals surface area (Å²) in [7, 11) is 0. The number of hydrogen-bond donors (Lipinski definition) is 1. The van der Waals surface area contributed by atoms with E-state index in [2.05, 4.69) is 4.74 Å². The monoisotopic (exact) mass is 373 g/mol. The number of carboxylic acids is 1. The zero-order valence-electron chi connectivity index (χ0n) is 11.6. The molecule has 132 valence electrons. The van der Waals surface area contributed by atoms with Crippen molar-refractivity contribution in [3.05, 3.63) is 29.3 Å². The van der Waals surface area contributed by atoms with E-state index >= 15 is 0 Å². The van der Waals surface area contributed by atoms with Gasteiger partial charge in [-0.2, -0.15) is 13.2 Å². The molecule has 1 aromatic rings. The lowest BCUT2D eigenvalue weighted by atomic mass is 10.0. The Hall–Kier alpha value is -2.04. The van der Waals surface area contributed by atoms with Crippen LogP contribution in [0.25, 0.3) is 0 Å². The van der Waals surface area contributed by atoms with Gasteiger partial charge in [-0.25, -0.2) is 4.79 Å². The van der Waals surface area contributed by atoms with E-state index in [0.29, 0.717) is 12.1 Å². The zero-order chi connectivity index (χ0) is 18.3. The van der Waals surface area contributed by atoms with Crippen LogP contribution in [0, 0.1) is 0 Å². The molecule has 24 heavy (non-hydrogen) atoms. The van der Waals surface area contributed by atoms with Gasteiger partial charge < -0.3 is 14.7 Å². The van der Waals surface area contributed by atoms with Gasteiger partial charge in [0.15, 0.2) is 0 Å². The molecule has 1 aliphatic heterocycles. The lowest BCUT2D eigenvalue weighted by Crippen LogP contribution is -2.54. The summed E-state index contributed by atoms with van der Waals surface area (Å²) in [4.78, 5) is 12.0. The fraction of sp³-hybridized carbons (Fsp3) is 0.385. The van der Waals surface area contributed by atoms with Gasteiger partial charge in [-0.15, -0.1) is 13.2 Å². The second kappa shape index (κ2) is 6.11. The Morgan fingerprint density at radius 3 is 2.29 bits per heavy atom. The maximum Gasteiger partial charge on any atom is 0.573 e. The summed E-state index contributed by atoms with van der Waals surface area (Å²) in [5.41, 5.74) is -1.77. The number of ether oxygens (including phenoxy) is 1. The highest BCUT2D eigenvalue weighted by Gasteiger charge is 2.41. The highest BCUT2D eigenvalue weighted by Crippen LogP contribution is 2.39. The van der Waals surface area contributed by atoms with E-state index in [1.807, 2.05) is 0 Å². The molecule has 0 aromatic heterocycles. The van der Waals surface area contributed by atoms with Gasteiger partial charge in [0.05, 0.1) is 5.56 Å². The van der Waals surface area contributed by atoms with Crippen molar-refractivity contribution in [3.8, 4) is 5.75 Å². The standard InChI is InChI=1S/C13H9F6NO3S/c14-12(15,16)7-2-1-6(5-9(7)23-13(17,18)19)10(24)20-4-3-8(20)11(21)22/h1-2,5,8H,3-4H2,(H,21,22). The fourth-order valence-corrected chi connectivity index (χ4v) is 2.50. The van der Waals surface area contributed by atoms with Gasteiger partial charge >= 0.3 is 18.5 Å². The van der Waals surface area contributed by atoms with Gasteiger partial charge in [-0.1, -0.05) is 18.3 Å². The molecule has 1 N–H and O–H groups in total. The average Bonchev–Trinajstić information content (AvgIpc) is 2.32. The molecule has 0 aliphatic carbocycles. The second-order valence-corrected chi connectivity index (χ2v) is 5.28. The number of carbonyl (C=O) groups is 1.